The number of anilines is 1. The minimum atomic E-state index is -4.63. The van der Waals surface area contributed by atoms with Gasteiger partial charge in [0.2, 0.25) is 21.8 Å². The Bertz CT molecular complexity index is 1280. The molecular weight excluding hydrogens is 555 g/mol. The van der Waals surface area contributed by atoms with Crippen LogP contribution in [0.4, 0.5) is 18.9 Å². The number of nitrogens with one attached hydrogen (secondary N) is 1. The third-order valence-corrected chi connectivity index (χ3v) is 8.62. The minimum Gasteiger partial charge on any atom is -0.352 e. The van der Waals surface area contributed by atoms with Crippen molar-refractivity contribution in [1.82, 2.24) is 10.2 Å². The van der Waals surface area contributed by atoms with E-state index in [2.05, 4.69) is 5.32 Å². The van der Waals surface area contributed by atoms with E-state index in [0.717, 1.165) is 72.0 Å². The van der Waals surface area contributed by atoms with Crippen LogP contribution in [-0.2, 0) is 32.3 Å². The van der Waals surface area contributed by atoms with Gasteiger partial charge < -0.3 is 10.2 Å². The Morgan fingerprint density at radius 1 is 1.05 bits per heavy atom. The summed E-state index contributed by atoms with van der Waals surface area (Å²) in [6.45, 7) is 3.82. The van der Waals surface area contributed by atoms with E-state index in [1.165, 1.54) is 11.0 Å². The number of aryl methyl sites for hydroxylation is 1. The van der Waals surface area contributed by atoms with Crippen LogP contribution < -0.4 is 9.62 Å². The number of carbonyl (C=O) groups is 2. The Hall–Kier alpha value is -3.08. The van der Waals surface area contributed by atoms with Gasteiger partial charge in [-0.05, 0) is 56.4 Å². The summed E-state index contributed by atoms with van der Waals surface area (Å²) in [6, 6.07) is 11.2. The zero-order chi connectivity index (χ0) is 30.2. The first-order valence-corrected chi connectivity index (χ1v) is 15.9. The molecule has 2 amide bonds. The number of nitrogens with zero attached hydrogens (tertiary/aromatic N) is 2. The lowest BCUT2D eigenvalue weighted by Gasteiger charge is -2.33. The molecule has 0 bridgehead atoms. The van der Waals surface area contributed by atoms with E-state index in [-0.39, 0.29) is 49.5 Å². The first-order valence-electron chi connectivity index (χ1n) is 14.1. The van der Waals surface area contributed by atoms with E-state index in [9.17, 15) is 31.2 Å². The first-order chi connectivity index (χ1) is 19.3. The number of amides is 2. The largest absolute Gasteiger partial charge is 0.416 e. The Kier molecular flexibility index (Phi) is 11.2. The van der Waals surface area contributed by atoms with Gasteiger partial charge >= 0.3 is 6.18 Å². The third-order valence-electron chi connectivity index (χ3n) is 7.42. The van der Waals surface area contributed by atoms with Crippen molar-refractivity contribution < 1.29 is 31.2 Å². The number of hydrogen-bond acceptors (Lipinski definition) is 4. The summed E-state index contributed by atoms with van der Waals surface area (Å²) in [5.74, 6) is -0.532. The molecule has 41 heavy (non-hydrogen) atoms. The monoisotopic (exact) mass is 595 g/mol. The van der Waals surface area contributed by atoms with Gasteiger partial charge in [0.05, 0.1) is 17.5 Å². The van der Waals surface area contributed by atoms with Crippen molar-refractivity contribution in [3.05, 3.63) is 65.2 Å². The van der Waals surface area contributed by atoms with E-state index in [1.54, 1.807) is 0 Å². The summed E-state index contributed by atoms with van der Waals surface area (Å²) >= 11 is 0. The summed E-state index contributed by atoms with van der Waals surface area (Å²) in [4.78, 5) is 28.5. The fourth-order valence-corrected chi connectivity index (χ4v) is 6.15. The maximum atomic E-state index is 13.6. The molecule has 2 aromatic rings. The van der Waals surface area contributed by atoms with Crippen LogP contribution in [0.25, 0.3) is 0 Å². The van der Waals surface area contributed by atoms with Gasteiger partial charge in [-0.3, -0.25) is 13.9 Å². The van der Waals surface area contributed by atoms with Crippen molar-refractivity contribution in [2.45, 2.75) is 90.0 Å². The second kappa shape index (κ2) is 14.2. The minimum absolute atomic E-state index is 0.0627. The molecule has 11 heteroatoms. The van der Waals surface area contributed by atoms with E-state index >= 15 is 0 Å². The summed E-state index contributed by atoms with van der Waals surface area (Å²) in [5.41, 5.74) is 0.835. The molecular formula is C30H40F3N3O4S. The van der Waals surface area contributed by atoms with E-state index in [0.29, 0.717) is 6.42 Å². The van der Waals surface area contributed by atoms with Crippen LogP contribution in [-0.4, -0.2) is 50.0 Å². The zero-order valence-electron chi connectivity index (χ0n) is 23.9. The highest BCUT2D eigenvalue weighted by molar-refractivity contribution is 7.92. The molecule has 1 N–H and O–H groups in total. The van der Waals surface area contributed by atoms with Gasteiger partial charge in [0.1, 0.15) is 6.04 Å². The van der Waals surface area contributed by atoms with Crippen molar-refractivity contribution in [3.8, 4) is 0 Å². The number of halogens is 3. The van der Waals surface area contributed by atoms with Crippen LogP contribution in [0.3, 0.4) is 0 Å². The predicted molar refractivity (Wildman–Crippen MR) is 154 cm³/mol. The number of sulfonamides is 1. The number of hydrogen-bond donors (Lipinski definition) is 1. The molecule has 0 heterocycles. The Labute approximate surface area is 241 Å². The molecule has 0 spiro atoms. The predicted octanol–water partition coefficient (Wildman–Crippen LogP) is 5.82. The summed E-state index contributed by atoms with van der Waals surface area (Å²) < 4.78 is 65.6. The molecule has 1 saturated carbocycles. The third kappa shape index (κ3) is 9.48. The molecule has 1 aliphatic carbocycles. The second-order valence-electron chi connectivity index (χ2n) is 10.8. The van der Waals surface area contributed by atoms with Crippen LogP contribution in [0, 0.1) is 6.92 Å². The average molecular weight is 596 g/mol. The quantitative estimate of drug-likeness (QED) is 0.335. The fraction of sp³-hybridized carbons (Fsp3) is 0.533. The van der Waals surface area contributed by atoms with Crippen molar-refractivity contribution in [2.75, 3.05) is 17.1 Å². The van der Waals surface area contributed by atoms with Gasteiger partial charge in [-0.1, -0.05) is 62.1 Å². The SMILES string of the molecule is CCC(C(=O)NC1CCCCC1)N(Cc1ccc(C)cc1)C(=O)CCCN(c1cccc(C(F)(F)F)c1)S(C)(=O)=O. The molecule has 0 aromatic heterocycles. The molecule has 1 fully saturated rings. The van der Waals surface area contributed by atoms with Crippen molar-refractivity contribution in [3.63, 3.8) is 0 Å². The fourth-order valence-electron chi connectivity index (χ4n) is 5.20. The lowest BCUT2D eigenvalue weighted by atomic mass is 9.95. The summed E-state index contributed by atoms with van der Waals surface area (Å²) in [6.07, 6.45) is 1.74. The lowest BCUT2D eigenvalue weighted by Crippen LogP contribution is -2.51. The molecule has 0 saturated heterocycles. The molecule has 0 radical (unpaired) electrons. The van der Waals surface area contributed by atoms with Gasteiger partial charge in [-0.15, -0.1) is 0 Å². The van der Waals surface area contributed by atoms with Crippen LogP contribution in [0.15, 0.2) is 48.5 Å². The number of benzene rings is 2. The summed E-state index contributed by atoms with van der Waals surface area (Å²) in [7, 11) is -3.92. The topological polar surface area (TPSA) is 86.8 Å². The second-order valence-corrected chi connectivity index (χ2v) is 12.7. The van der Waals surface area contributed by atoms with Crippen LogP contribution >= 0.6 is 0 Å². The Morgan fingerprint density at radius 2 is 1.71 bits per heavy atom. The normalized spacial score (nSPS) is 15.3. The molecule has 1 unspecified atom stereocenters. The molecule has 2 aromatic carbocycles. The molecule has 226 valence electrons. The van der Waals surface area contributed by atoms with E-state index < -0.39 is 27.8 Å². The molecule has 1 atom stereocenters. The average Bonchev–Trinajstić information content (AvgIpc) is 2.91. The molecule has 0 aliphatic heterocycles. The molecule has 1 aliphatic rings. The highest BCUT2D eigenvalue weighted by atomic mass is 32.2. The Morgan fingerprint density at radius 3 is 2.29 bits per heavy atom. The Balaban J connectivity index is 1.77. The standard InChI is InChI=1S/C30H40F3N3O4S/c1-4-27(29(38)34-25-11-6-5-7-12-25)35(21-23-17-15-22(2)16-18-23)28(37)14-9-19-36(41(3,39)40)26-13-8-10-24(20-26)30(31,32)33/h8,10,13,15-18,20,25,27H,4-7,9,11-12,14,19,21H2,1-3H3,(H,34,38). The highest BCUT2D eigenvalue weighted by Gasteiger charge is 2.32. The van der Waals surface area contributed by atoms with Crippen LogP contribution in [0.1, 0.15) is 75.0 Å². The van der Waals surface area contributed by atoms with Gasteiger partial charge in [-0.2, -0.15) is 13.2 Å². The number of carbonyl (C=O) groups excluding carboxylic acids is 2. The van der Waals surface area contributed by atoms with Gasteiger partial charge in [0.25, 0.3) is 0 Å². The van der Waals surface area contributed by atoms with Crippen LogP contribution in [0.2, 0.25) is 0 Å². The maximum Gasteiger partial charge on any atom is 0.416 e. The summed E-state index contributed by atoms with van der Waals surface area (Å²) in [5, 5.41) is 3.12. The van der Waals surface area contributed by atoms with Gasteiger partial charge in [0, 0.05) is 25.6 Å². The van der Waals surface area contributed by atoms with Crippen molar-refractivity contribution in [1.29, 1.82) is 0 Å². The number of rotatable bonds is 12. The van der Waals surface area contributed by atoms with E-state index in [4.69, 9.17) is 0 Å². The number of alkyl halides is 3. The smallest absolute Gasteiger partial charge is 0.352 e. The van der Waals surface area contributed by atoms with Crippen molar-refractivity contribution >= 4 is 27.5 Å². The lowest BCUT2D eigenvalue weighted by molar-refractivity contribution is -0.141. The maximum absolute atomic E-state index is 13.6. The van der Waals surface area contributed by atoms with Gasteiger partial charge in [0.15, 0.2) is 0 Å². The van der Waals surface area contributed by atoms with Crippen molar-refractivity contribution in [2.24, 2.45) is 0 Å². The highest BCUT2D eigenvalue weighted by Crippen LogP contribution is 2.32. The first kappa shape index (κ1) is 32.4. The molecule has 7 nitrogen and oxygen atoms in total. The zero-order valence-corrected chi connectivity index (χ0v) is 24.7. The molecule has 3 rings (SSSR count). The van der Waals surface area contributed by atoms with E-state index in [1.807, 2.05) is 38.1 Å². The van der Waals surface area contributed by atoms with Gasteiger partial charge in [-0.25, -0.2) is 8.42 Å². The van der Waals surface area contributed by atoms with Crippen LogP contribution in [0.5, 0.6) is 0 Å².